The lowest BCUT2D eigenvalue weighted by molar-refractivity contribution is -0.0366. The summed E-state index contributed by atoms with van der Waals surface area (Å²) in [5, 5.41) is 23.0. The Morgan fingerprint density at radius 2 is 0.775 bits per heavy atom. The Bertz CT molecular complexity index is 2680. The Balaban J connectivity index is 0.000000157. The summed E-state index contributed by atoms with van der Waals surface area (Å²) >= 11 is 12.1. The number of aryl methyl sites for hydroxylation is 6. The fourth-order valence-corrected chi connectivity index (χ4v) is 8.91. The van der Waals surface area contributed by atoms with Crippen molar-refractivity contribution < 1.29 is 31.1 Å². The summed E-state index contributed by atoms with van der Waals surface area (Å²) in [6, 6.07) is 10.1. The van der Waals surface area contributed by atoms with E-state index < -0.39 is 23.7 Å². The number of halogens is 8. The normalized spacial score (nSPS) is 17.9. The molecular weight excluding hydrogens is 978 g/mol. The van der Waals surface area contributed by atoms with E-state index in [1.807, 2.05) is 59.7 Å². The summed E-state index contributed by atoms with van der Waals surface area (Å²) in [7, 11) is 0. The van der Waals surface area contributed by atoms with E-state index in [1.165, 1.54) is 10.7 Å². The van der Waals surface area contributed by atoms with Gasteiger partial charge in [-0.1, -0.05) is 23.2 Å². The highest BCUT2D eigenvalue weighted by atomic mass is 35.5. The highest BCUT2D eigenvalue weighted by Gasteiger charge is 2.37. The van der Waals surface area contributed by atoms with Crippen molar-refractivity contribution in [3.8, 4) is 17.8 Å². The van der Waals surface area contributed by atoms with Crippen LogP contribution in [0.4, 0.5) is 43.8 Å². The first-order valence-electron chi connectivity index (χ1n) is 23.2. The van der Waals surface area contributed by atoms with Crippen LogP contribution in [0.15, 0.2) is 36.4 Å². The van der Waals surface area contributed by atoms with Crippen molar-refractivity contribution in [1.29, 1.82) is 0 Å². The van der Waals surface area contributed by atoms with Gasteiger partial charge in [0.05, 0.1) is 17.1 Å². The third kappa shape index (κ3) is 14.5. The van der Waals surface area contributed by atoms with E-state index in [1.54, 1.807) is 21.5 Å². The maximum Gasteiger partial charge on any atom is 0.267 e. The number of primary amides is 1. The van der Waals surface area contributed by atoms with Gasteiger partial charge in [0.15, 0.2) is 0 Å². The molecule has 0 aliphatic heterocycles. The van der Waals surface area contributed by atoms with E-state index in [0.29, 0.717) is 67.9 Å². The van der Waals surface area contributed by atoms with Gasteiger partial charge in [-0.25, -0.2) is 45.4 Å². The van der Waals surface area contributed by atoms with Gasteiger partial charge < -0.3 is 21.7 Å². The molecule has 6 heterocycles. The Morgan fingerprint density at radius 3 is 1.04 bits per heavy atom. The summed E-state index contributed by atoms with van der Waals surface area (Å²) in [6.45, 7) is 11.3. The van der Waals surface area contributed by atoms with Gasteiger partial charge in [-0.05, 0) is 98.3 Å². The molecule has 3 aliphatic rings. The fourth-order valence-electron chi connectivity index (χ4n) is 8.55. The Labute approximate surface area is 416 Å². The summed E-state index contributed by atoms with van der Waals surface area (Å²) in [6.07, 6.45) is 1.55. The van der Waals surface area contributed by atoms with Crippen LogP contribution < -0.4 is 21.7 Å². The van der Waals surface area contributed by atoms with E-state index in [0.717, 1.165) is 34.2 Å². The summed E-state index contributed by atoms with van der Waals surface area (Å²) in [5.74, 6) is -6.00. The maximum absolute atomic E-state index is 13.3. The Kier molecular flexibility index (Phi) is 16.1. The SMILES string of the molecule is Cc1cc(C)n(-c2nc(Cl)cc(NC3CCC(F)(F)CC3)n2)n1.Cc1cc(C)n(-c2nc(Cl)cc(NC3CCC(F)(F)CC3)n2)n1.Cc1cc(C)n(-c2nc(NC3CCC(F)(F)CC3)cc(C(N)=O)n2)n1. The number of aromatic nitrogens is 12. The quantitative estimate of drug-likeness (QED) is 0.0744. The van der Waals surface area contributed by atoms with Crippen molar-refractivity contribution in [2.75, 3.05) is 16.0 Å². The number of alkyl halides is 6. The van der Waals surface area contributed by atoms with Gasteiger partial charge in [0, 0.05) is 91.9 Å². The van der Waals surface area contributed by atoms with E-state index in [2.05, 4.69) is 61.2 Å². The van der Waals surface area contributed by atoms with Crippen molar-refractivity contribution >= 4 is 46.6 Å². The lowest BCUT2D eigenvalue weighted by atomic mass is 9.92. The molecule has 0 saturated heterocycles. The van der Waals surface area contributed by atoms with Gasteiger partial charge >= 0.3 is 0 Å². The molecule has 17 nitrogen and oxygen atoms in total. The van der Waals surface area contributed by atoms with Crippen LogP contribution in [0.25, 0.3) is 17.8 Å². The largest absolute Gasteiger partial charge is 0.367 e. The minimum absolute atomic E-state index is 0.0334. The summed E-state index contributed by atoms with van der Waals surface area (Å²) in [5.41, 5.74) is 10.5. The van der Waals surface area contributed by atoms with Crippen LogP contribution in [-0.4, -0.2) is 101 Å². The second-order valence-electron chi connectivity index (χ2n) is 18.4. The first-order chi connectivity index (χ1) is 33.4. The molecule has 0 aromatic carbocycles. The second-order valence-corrected chi connectivity index (χ2v) is 19.2. The molecular formula is C46H56Cl2F6N16O. The zero-order chi connectivity index (χ0) is 51.4. The predicted octanol–water partition coefficient (Wildman–Crippen LogP) is 10.2. The molecule has 1 amide bonds. The number of anilines is 3. The molecule has 3 saturated carbocycles. The molecule has 6 aromatic heterocycles. The molecule has 382 valence electrons. The number of rotatable bonds is 10. The molecule has 0 radical (unpaired) electrons. The van der Waals surface area contributed by atoms with Crippen molar-refractivity contribution in [1.82, 2.24) is 59.2 Å². The zero-order valence-corrected chi connectivity index (χ0v) is 41.6. The minimum Gasteiger partial charge on any atom is -0.367 e. The molecule has 3 aliphatic carbocycles. The Hall–Kier alpha value is -6.10. The molecule has 0 bridgehead atoms. The van der Waals surface area contributed by atoms with E-state index >= 15 is 0 Å². The average Bonchev–Trinajstić information content (AvgIpc) is 3.94. The molecule has 0 atom stereocenters. The van der Waals surface area contributed by atoms with Gasteiger partial charge in [0.1, 0.15) is 33.5 Å². The molecule has 71 heavy (non-hydrogen) atoms. The third-order valence-corrected chi connectivity index (χ3v) is 12.5. The highest BCUT2D eigenvalue weighted by molar-refractivity contribution is 6.30. The van der Waals surface area contributed by atoms with Crippen LogP contribution in [0.5, 0.6) is 0 Å². The van der Waals surface area contributed by atoms with Crippen molar-refractivity contribution in [2.24, 2.45) is 5.73 Å². The maximum atomic E-state index is 13.3. The second kappa shape index (κ2) is 21.7. The average molecular weight is 1030 g/mol. The van der Waals surface area contributed by atoms with Gasteiger partial charge in [-0.15, -0.1) is 0 Å². The van der Waals surface area contributed by atoms with Crippen LogP contribution in [-0.2, 0) is 0 Å². The monoisotopic (exact) mass is 1030 g/mol. The van der Waals surface area contributed by atoms with Crippen LogP contribution in [0.2, 0.25) is 10.3 Å². The summed E-state index contributed by atoms with van der Waals surface area (Å²) < 4.78 is 84.2. The number of hydrogen-bond acceptors (Lipinski definition) is 13. The molecule has 0 unspecified atom stereocenters. The van der Waals surface area contributed by atoms with Crippen molar-refractivity contribution in [2.45, 2.75) is 154 Å². The number of hydrogen-bond donors (Lipinski definition) is 4. The lowest BCUT2D eigenvalue weighted by Gasteiger charge is -2.29. The summed E-state index contributed by atoms with van der Waals surface area (Å²) in [4.78, 5) is 37.3. The van der Waals surface area contributed by atoms with Gasteiger partial charge in [-0.2, -0.15) is 40.2 Å². The zero-order valence-electron chi connectivity index (χ0n) is 40.1. The molecule has 3 fully saturated rings. The lowest BCUT2D eigenvalue weighted by Crippen LogP contribution is -2.32. The van der Waals surface area contributed by atoms with Gasteiger partial charge in [0.25, 0.3) is 23.8 Å². The van der Waals surface area contributed by atoms with E-state index in [4.69, 9.17) is 28.9 Å². The van der Waals surface area contributed by atoms with Crippen LogP contribution >= 0.6 is 23.2 Å². The number of carbonyl (C=O) groups excluding carboxylic acids is 1. The predicted molar refractivity (Wildman–Crippen MR) is 257 cm³/mol. The standard InChI is InChI=1S/C16H20F2N6O.2C15H18ClF2N5/c1-9-7-10(2)24(23-9)15-21-12(14(19)25)8-13(22-15)20-11-3-5-16(17,18)6-4-11;2*1-9-7-10(2)23(22-9)14-20-12(16)8-13(21-14)19-11-3-5-15(17,18)6-4-11/h7-8,11H,3-6H2,1-2H3,(H2,19,25)(H,20,21,22);2*7-8,11H,3-6H2,1-2H3,(H,19,20,21). The number of nitrogens with one attached hydrogen (secondary N) is 3. The molecule has 25 heteroatoms. The van der Waals surface area contributed by atoms with Crippen molar-refractivity contribution in [3.63, 3.8) is 0 Å². The highest BCUT2D eigenvalue weighted by Crippen LogP contribution is 2.36. The van der Waals surface area contributed by atoms with E-state index in [-0.39, 0.29) is 78.6 Å². The van der Waals surface area contributed by atoms with Crippen LogP contribution in [0.3, 0.4) is 0 Å². The Morgan fingerprint density at radius 1 is 0.493 bits per heavy atom. The molecule has 0 spiro atoms. The van der Waals surface area contributed by atoms with Crippen LogP contribution in [0, 0.1) is 41.5 Å². The first-order valence-corrected chi connectivity index (χ1v) is 24.0. The molecule has 9 rings (SSSR count). The van der Waals surface area contributed by atoms with Gasteiger partial charge in [-0.3, -0.25) is 4.79 Å². The smallest absolute Gasteiger partial charge is 0.267 e. The van der Waals surface area contributed by atoms with E-state index in [9.17, 15) is 31.1 Å². The number of amides is 1. The molecule has 5 N–H and O–H groups in total. The van der Waals surface area contributed by atoms with Crippen molar-refractivity contribution in [3.05, 3.63) is 86.6 Å². The third-order valence-electron chi connectivity index (χ3n) is 12.1. The number of carbonyl (C=O) groups is 1. The van der Waals surface area contributed by atoms with Gasteiger partial charge in [0.2, 0.25) is 17.8 Å². The topological polar surface area (TPSA) is 210 Å². The molecule has 6 aromatic rings. The minimum atomic E-state index is -2.60. The first kappa shape index (κ1) is 52.7. The fraction of sp³-hybridized carbons (Fsp3) is 0.522. The number of nitrogens with zero attached hydrogens (tertiary/aromatic N) is 12. The number of nitrogens with two attached hydrogens (primary N) is 1. The van der Waals surface area contributed by atoms with Crippen LogP contribution in [0.1, 0.15) is 122 Å².